The first-order valence-corrected chi connectivity index (χ1v) is 8.11. The van der Waals surface area contributed by atoms with Crippen LogP contribution in [0.2, 0.25) is 0 Å². The molecule has 0 radical (unpaired) electrons. The van der Waals surface area contributed by atoms with E-state index in [1.165, 1.54) is 19.3 Å². The average molecular weight is 265 g/mol. The van der Waals surface area contributed by atoms with Crippen molar-refractivity contribution in [1.29, 1.82) is 0 Å². The van der Waals surface area contributed by atoms with Crippen molar-refractivity contribution >= 4 is 16.5 Å². The highest BCUT2D eigenvalue weighted by Crippen LogP contribution is 2.34. The zero-order valence-corrected chi connectivity index (χ0v) is 12.1. The van der Waals surface area contributed by atoms with Crippen molar-refractivity contribution in [3.8, 4) is 0 Å². The van der Waals surface area contributed by atoms with Gasteiger partial charge in [0.1, 0.15) is 0 Å². The number of benzene rings is 1. The Bertz CT molecular complexity index is 444. The van der Waals surface area contributed by atoms with E-state index in [1.54, 1.807) is 0 Å². The molecule has 100 valence electrons. The van der Waals surface area contributed by atoms with Gasteiger partial charge >= 0.3 is 0 Å². The molecule has 1 aromatic rings. The molecule has 3 atom stereocenters. The van der Waals surface area contributed by atoms with Crippen molar-refractivity contribution in [3.63, 3.8) is 0 Å². The molecule has 0 bridgehead atoms. The molecule has 2 N–H and O–H groups in total. The van der Waals surface area contributed by atoms with Crippen LogP contribution in [-0.4, -0.2) is 9.46 Å². The zero-order chi connectivity index (χ0) is 13.1. The van der Waals surface area contributed by atoms with Gasteiger partial charge in [0.25, 0.3) is 0 Å². The fourth-order valence-electron chi connectivity index (χ4n) is 2.94. The summed E-state index contributed by atoms with van der Waals surface area (Å²) in [5.41, 5.74) is 7.84. The molecule has 0 aliphatic heterocycles. The molecule has 2 nitrogen and oxygen atoms in total. The van der Waals surface area contributed by atoms with Gasteiger partial charge in [-0.05, 0) is 43.4 Å². The highest BCUT2D eigenvalue weighted by molar-refractivity contribution is 7.85. The van der Waals surface area contributed by atoms with E-state index in [9.17, 15) is 4.21 Å². The van der Waals surface area contributed by atoms with Crippen LogP contribution in [0.5, 0.6) is 0 Å². The highest BCUT2D eigenvalue weighted by Gasteiger charge is 2.30. The molecule has 0 spiro atoms. The third kappa shape index (κ3) is 2.77. The Morgan fingerprint density at radius 3 is 2.72 bits per heavy atom. The van der Waals surface area contributed by atoms with Crippen LogP contribution in [0.4, 0.5) is 5.69 Å². The maximum absolute atomic E-state index is 12.7. The number of hydrogen-bond donors (Lipinski definition) is 1. The van der Waals surface area contributed by atoms with Crippen LogP contribution in [0.25, 0.3) is 0 Å². The van der Waals surface area contributed by atoms with E-state index in [1.807, 2.05) is 25.1 Å². The van der Waals surface area contributed by atoms with Gasteiger partial charge in [0.2, 0.25) is 0 Å². The maximum atomic E-state index is 12.7. The van der Waals surface area contributed by atoms with Crippen molar-refractivity contribution in [2.45, 2.75) is 56.1 Å². The fraction of sp³-hybridized carbons (Fsp3) is 0.600. The summed E-state index contributed by atoms with van der Waals surface area (Å²) in [6.45, 7) is 4.22. The van der Waals surface area contributed by atoms with Crippen molar-refractivity contribution in [2.24, 2.45) is 5.92 Å². The predicted molar refractivity (Wildman–Crippen MR) is 78.0 cm³/mol. The molecule has 3 unspecified atom stereocenters. The SMILES string of the molecule is CCC1CCCCC1S(=O)c1ccc(C)cc1N. The van der Waals surface area contributed by atoms with Crippen LogP contribution in [0.15, 0.2) is 23.1 Å². The lowest BCUT2D eigenvalue weighted by Gasteiger charge is -2.30. The molecule has 1 fully saturated rings. The number of hydrogen-bond acceptors (Lipinski definition) is 2. The smallest absolute Gasteiger partial charge is 0.0620 e. The Morgan fingerprint density at radius 1 is 1.33 bits per heavy atom. The fourth-order valence-corrected chi connectivity index (χ4v) is 4.82. The molecular weight excluding hydrogens is 242 g/mol. The molecule has 1 aliphatic carbocycles. The summed E-state index contributed by atoms with van der Waals surface area (Å²) < 4.78 is 12.7. The Hall–Kier alpha value is -0.830. The molecule has 1 aromatic carbocycles. The van der Waals surface area contributed by atoms with Crippen LogP contribution in [-0.2, 0) is 10.8 Å². The van der Waals surface area contributed by atoms with Crippen molar-refractivity contribution in [3.05, 3.63) is 23.8 Å². The lowest BCUT2D eigenvalue weighted by atomic mass is 9.87. The van der Waals surface area contributed by atoms with Gasteiger partial charge in [0, 0.05) is 10.9 Å². The first-order chi connectivity index (χ1) is 8.63. The summed E-state index contributed by atoms with van der Waals surface area (Å²) in [4.78, 5) is 0.839. The van der Waals surface area contributed by atoms with E-state index < -0.39 is 10.8 Å². The summed E-state index contributed by atoms with van der Waals surface area (Å²) in [7, 11) is -0.945. The van der Waals surface area contributed by atoms with Crippen LogP contribution in [0.1, 0.15) is 44.6 Å². The molecule has 18 heavy (non-hydrogen) atoms. The summed E-state index contributed by atoms with van der Waals surface area (Å²) >= 11 is 0. The largest absolute Gasteiger partial charge is 0.398 e. The van der Waals surface area contributed by atoms with E-state index >= 15 is 0 Å². The highest BCUT2D eigenvalue weighted by atomic mass is 32.2. The quantitative estimate of drug-likeness (QED) is 0.848. The summed E-state index contributed by atoms with van der Waals surface area (Å²) in [6, 6.07) is 5.88. The first kappa shape index (κ1) is 13.6. The van der Waals surface area contributed by atoms with Gasteiger partial charge < -0.3 is 5.73 Å². The molecule has 0 saturated heterocycles. The summed E-state index contributed by atoms with van der Waals surface area (Å²) in [5.74, 6) is 0.597. The normalized spacial score (nSPS) is 25.9. The van der Waals surface area contributed by atoms with Gasteiger partial charge in [-0.1, -0.05) is 32.3 Å². The topological polar surface area (TPSA) is 43.1 Å². The lowest BCUT2D eigenvalue weighted by molar-refractivity contribution is 0.355. The molecule has 2 rings (SSSR count). The molecule has 0 heterocycles. The van der Waals surface area contributed by atoms with Crippen LogP contribution in [0, 0.1) is 12.8 Å². The second kappa shape index (κ2) is 5.87. The molecule has 0 aromatic heterocycles. The first-order valence-electron chi connectivity index (χ1n) is 6.90. The standard InChI is InChI=1S/C15H23NOS/c1-3-12-6-4-5-7-14(12)18(17)15-9-8-11(2)10-13(15)16/h8-10,12,14H,3-7,16H2,1-2H3. The van der Waals surface area contributed by atoms with Gasteiger partial charge in [0.15, 0.2) is 0 Å². The zero-order valence-electron chi connectivity index (χ0n) is 11.3. The third-order valence-electron chi connectivity index (χ3n) is 4.02. The maximum Gasteiger partial charge on any atom is 0.0620 e. The van der Waals surface area contributed by atoms with Crippen molar-refractivity contribution < 1.29 is 4.21 Å². The number of aryl methyl sites for hydroxylation is 1. The van der Waals surface area contributed by atoms with Crippen LogP contribution in [0.3, 0.4) is 0 Å². The van der Waals surface area contributed by atoms with E-state index in [0.29, 0.717) is 16.9 Å². The van der Waals surface area contributed by atoms with E-state index in [2.05, 4.69) is 6.92 Å². The predicted octanol–water partition coefficient (Wildman–Crippen LogP) is 3.65. The Balaban J connectivity index is 2.24. The van der Waals surface area contributed by atoms with E-state index in [0.717, 1.165) is 23.3 Å². The Morgan fingerprint density at radius 2 is 2.06 bits per heavy atom. The number of rotatable bonds is 3. The second-order valence-electron chi connectivity index (χ2n) is 5.33. The minimum absolute atomic E-state index is 0.300. The van der Waals surface area contributed by atoms with Gasteiger partial charge in [-0.2, -0.15) is 0 Å². The van der Waals surface area contributed by atoms with E-state index in [-0.39, 0.29) is 0 Å². The van der Waals surface area contributed by atoms with Gasteiger partial charge in [-0.25, -0.2) is 0 Å². The third-order valence-corrected chi connectivity index (χ3v) is 6.00. The number of anilines is 1. The second-order valence-corrected chi connectivity index (χ2v) is 6.97. The van der Waals surface area contributed by atoms with Crippen molar-refractivity contribution in [1.82, 2.24) is 0 Å². The minimum Gasteiger partial charge on any atom is -0.398 e. The summed E-state index contributed by atoms with van der Waals surface area (Å²) in [6.07, 6.45) is 5.92. The average Bonchev–Trinajstić information content (AvgIpc) is 2.38. The molecule has 1 saturated carbocycles. The Labute approximate surface area is 112 Å². The molecule has 0 amide bonds. The molecule has 1 aliphatic rings. The van der Waals surface area contributed by atoms with Gasteiger partial charge in [-0.3, -0.25) is 4.21 Å². The Kier molecular flexibility index (Phi) is 4.44. The monoisotopic (exact) mass is 265 g/mol. The number of nitrogen functional groups attached to an aromatic ring is 1. The van der Waals surface area contributed by atoms with Crippen LogP contribution < -0.4 is 5.73 Å². The number of nitrogens with two attached hydrogens (primary N) is 1. The van der Waals surface area contributed by atoms with E-state index in [4.69, 9.17) is 5.73 Å². The van der Waals surface area contributed by atoms with Gasteiger partial charge in [0.05, 0.1) is 15.7 Å². The van der Waals surface area contributed by atoms with Crippen molar-refractivity contribution in [2.75, 3.05) is 5.73 Å². The molecular formula is C15H23NOS. The summed E-state index contributed by atoms with van der Waals surface area (Å²) in [5, 5.41) is 0.300. The van der Waals surface area contributed by atoms with Crippen LogP contribution >= 0.6 is 0 Å². The van der Waals surface area contributed by atoms with Gasteiger partial charge in [-0.15, -0.1) is 0 Å². The minimum atomic E-state index is -0.945. The lowest BCUT2D eigenvalue weighted by Crippen LogP contribution is -2.29. The molecule has 3 heteroatoms.